The molecule has 2 aromatic rings. The highest BCUT2D eigenvalue weighted by Crippen LogP contribution is 2.35. The second-order valence-corrected chi connectivity index (χ2v) is 6.42. The lowest BCUT2D eigenvalue weighted by molar-refractivity contribution is -0.130. The van der Waals surface area contributed by atoms with E-state index in [1.54, 1.807) is 56.6 Å². The summed E-state index contributed by atoms with van der Waals surface area (Å²) in [5.41, 5.74) is 1.49. The maximum Gasteiger partial charge on any atom is 0.247 e. The van der Waals surface area contributed by atoms with Gasteiger partial charge in [-0.2, -0.15) is 0 Å². The molecule has 1 aliphatic rings. The number of halogens is 1. The number of anilines is 2. The lowest BCUT2D eigenvalue weighted by Gasteiger charge is -2.32. The smallest absolute Gasteiger partial charge is 0.247 e. The van der Waals surface area contributed by atoms with Crippen LogP contribution in [-0.2, 0) is 9.59 Å². The van der Waals surface area contributed by atoms with Crippen molar-refractivity contribution in [2.24, 2.45) is 5.92 Å². The van der Waals surface area contributed by atoms with E-state index in [-0.39, 0.29) is 0 Å². The van der Waals surface area contributed by atoms with Gasteiger partial charge in [-0.1, -0.05) is 24.3 Å². The number of amides is 2. The van der Waals surface area contributed by atoms with E-state index in [2.05, 4.69) is 15.9 Å². The summed E-state index contributed by atoms with van der Waals surface area (Å²) in [6.45, 7) is 0. The first-order valence-electron chi connectivity index (χ1n) is 7.36. The number of fused-ring (bicyclic) bond motifs is 1. The molecule has 24 heavy (non-hydrogen) atoms. The molecule has 0 aliphatic carbocycles. The molecule has 2 amide bonds. The van der Waals surface area contributed by atoms with Crippen LogP contribution in [0.5, 0.6) is 0 Å². The molecule has 1 heterocycles. The molecule has 1 atom stereocenters. The molecule has 0 spiro atoms. The molecule has 0 saturated carbocycles. The van der Waals surface area contributed by atoms with Gasteiger partial charge in [-0.15, -0.1) is 0 Å². The summed E-state index contributed by atoms with van der Waals surface area (Å²) in [6, 6.07) is 14.1. The summed E-state index contributed by atoms with van der Waals surface area (Å²) in [5, 5.41) is 0. The van der Waals surface area contributed by atoms with Gasteiger partial charge < -0.3 is 9.80 Å². The number of hydrogen-bond acceptors (Lipinski definition) is 3. The minimum atomic E-state index is -1.37. The normalized spacial score (nSPS) is 16.8. The Bertz CT molecular complexity index is 835. The van der Waals surface area contributed by atoms with E-state index in [9.17, 15) is 14.4 Å². The minimum Gasteiger partial charge on any atom is -0.314 e. The number of ketones is 1. The van der Waals surface area contributed by atoms with Crippen LogP contribution in [-0.4, -0.2) is 31.7 Å². The Labute approximate surface area is 148 Å². The van der Waals surface area contributed by atoms with Crippen molar-refractivity contribution < 1.29 is 14.4 Å². The molecule has 3 rings (SSSR count). The van der Waals surface area contributed by atoms with Crippen molar-refractivity contribution in [2.45, 2.75) is 0 Å². The maximum atomic E-state index is 12.8. The summed E-state index contributed by atoms with van der Waals surface area (Å²) in [6.07, 6.45) is 0. The van der Waals surface area contributed by atoms with Gasteiger partial charge in [0.15, 0.2) is 11.7 Å². The van der Waals surface area contributed by atoms with E-state index < -0.39 is 23.5 Å². The number of hydrogen-bond donors (Lipinski definition) is 0. The molecular formula is C18H15BrN2O3. The molecular weight excluding hydrogens is 372 g/mol. The predicted octanol–water partition coefficient (Wildman–Crippen LogP) is 2.89. The van der Waals surface area contributed by atoms with E-state index >= 15 is 0 Å². The van der Waals surface area contributed by atoms with Gasteiger partial charge >= 0.3 is 0 Å². The molecule has 1 unspecified atom stereocenters. The van der Waals surface area contributed by atoms with Crippen LogP contribution in [0.4, 0.5) is 11.4 Å². The molecule has 0 bridgehead atoms. The van der Waals surface area contributed by atoms with Gasteiger partial charge in [0.25, 0.3) is 0 Å². The summed E-state index contributed by atoms with van der Waals surface area (Å²) >= 11 is 3.34. The largest absolute Gasteiger partial charge is 0.314 e. The molecule has 5 nitrogen and oxygen atoms in total. The average molecular weight is 387 g/mol. The number of benzene rings is 2. The molecule has 1 aliphatic heterocycles. The van der Waals surface area contributed by atoms with Crippen LogP contribution in [0, 0.1) is 5.92 Å². The number of rotatable bonds is 2. The number of para-hydroxylation sites is 1. The number of carbonyl (C=O) groups is 3. The van der Waals surface area contributed by atoms with E-state index in [1.165, 1.54) is 9.80 Å². The molecule has 0 fully saturated rings. The van der Waals surface area contributed by atoms with Crippen LogP contribution in [0.25, 0.3) is 0 Å². The Kier molecular flexibility index (Phi) is 4.24. The predicted molar refractivity (Wildman–Crippen MR) is 95.2 cm³/mol. The molecule has 0 aromatic heterocycles. The number of carbonyl (C=O) groups excluding carboxylic acids is 3. The Hall–Kier alpha value is -2.47. The molecule has 0 saturated heterocycles. The average Bonchev–Trinajstić information content (AvgIpc) is 2.59. The van der Waals surface area contributed by atoms with Gasteiger partial charge in [-0.3, -0.25) is 14.4 Å². The highest BCUT2D eigenvalue weighted by Gasteiger charge is 2.44. The summed E-state index contributed by atoms with van der Waals surface area (Å²) < 4.78 is 0.574. The molecule has 2 aromatic carbocycles. The van der Waals surface area contributed by atoms with Crippen molar-refractivity contribution in [2.75, 3.05) is 23.9 Å². The highest BCUT2D eigenvalue weighted by atomic mass is 79.9. The van der Waals surface area contributed by atoms with Gasteiger partial charge in [-0.25, -0.2) is 0 Å². The number of nitrogens with zero attached hydrogens (tertiary/aromatic N) is 2. The zero-order chi connectivity index (χ0) is 17.4. The van der Waals surface area contributed by atoms with Gasteiger partial charge in [0.2, 0.25) is 11.8 Å². The summed E-state index contributed by atoms with van der Waals surface area (Å²) in [4.78, 5) is 41.0. The lowest BCUT2D eigenvalue weighted by Crippen LogP contribution is -2.50. The van der Waals surface area contributed by atoms with Gasteiger partial charge in [0, 0.05) is 24.3 Å². The van der Waals surface area contributed by atoms with Gasteiger partial charge in [0.1, 0.15) is 0 Å². The fraction of sp³-hybridized carbons (Fsp3) is 0.167. The Morgan fingerprint density at radius 2 is 1.75 bits per heavy atom. The van der Waals surface area contributed by atoms with E-state index in [1.807, 2.05) is 6.07 Å². The standard InChI is InChI=1S/C18H15BrN2O3/c1-20(11-7-4-3-5-8-11)17(23)15-16(22)14-12(19)9-6-10-13(14)21(2)18(15)24/h3-10,15H,1-2H3. The second kappa shape index (κ2) is 6.20. The molecule has 0 N–H and O–H groups in total. The Morgan fingerprint density at radius 3 is 2.42 bits per heavy atom. The van der Waals surface area contributed by atoms with Crippen LogP contribution in [0.1, 0.15) is 10.4 Å². The first kappa shape index (κ1) is 16.4. The Morgan fingerprint density at radius 1 is 1.08 bits per heavy atom. The van der Waals surface area contributed by atoms with Crippen molar-refractivity contribution in [1.29, 1.82) is 0 Å². The van der Waals surface area contributed by atoms with Crippen LogP contribution < -0.4 is 9.80 Å². The topological polar surface area (TPSA) is 57.7 Å². The third-order valence-electron chi connectivity index (χ3n) is 4.16. The Balaban J connectivity index is 2.03. The highest BCUT2D eigenvalue weighted by molar-refractivity contribution is 9.10. The van der Waals surface area contributed by atoms with Crippen molar-refractivity contribution in [3.05, 3.63) is 58.6 Å². The summed E-state index contributed by atoms with van der Waals surface area (Å²) in [7, 11) is 3.14. The van der Waals surface area contributed by atoms with Gasteiger partial charge in [-0.05, 0) is 40.2 Å². The van der Waals surface area contributed by atoms with E-state index in [0.29, 0.717) is 21.4 Å². The van der Waals surface area contributed by atoms with Crippen LogP contribution >= 0.6 is 15.9 Å². The zero-order valence-electron chi connectivity index (χ0n) is 13.2. The third-order valence-corrected chi connectivity index (χ3v) is 4.82. The second-order valence-electron chi connectivity index (χ2n) is 5.56. The molecule has 122 valence electrons. The van der Waals surface area contributed by atoms with Crippen LogP contribution in [0.15, 0.2) is 53.0 Å². The van der Waals surface area contributed by atoms with Gasteiger partial charge in [0.05, 0.1) is 11.3 Å². The van der Waals surface area contributed by atoms with Crippen molar-refractivity contribution in [3.63, 3.8) is 0 Å². The monoisotopic (exact) mass is 386 g/mol. The van der Waals surface area contributed by atoms with Crippen LogP contribution in [0.2, 0.25) is 0 Å². The third kappa shape index (κ3) is 2.53. The molecule has 6 heteroatoms. The van der Waals surface area contributed by atoms with Crippen molar-refractivity contribution in [1.82, 2.24) is 0 Å². The SMILES string of the molecule is CN(C(=O)C1C(=O)c2c(Br)cccc2N(C)C1=O)c1ccccc1. The molecule has 0 radical (unpaired) electrons. The fourth-order valence-corrected chi connectivity index (χ4v) is 3.35. The van der Waals surface area contributed by atoms with E-state index in [4.69, 9.17) is 0 Å². The quantitative estimate of drug-likeness (QED) is 0.745. The van der Waals surface area contributed by atoms with Crippen LogP contribution in [0.3, 0.4) is 0 Å². The first-order chi connectivity index (χ1) is 11.4. The lowest BCUT2D eigenvalue weighted by atomic mass is 9.89. The number of Topliss-reactive ketones (excluding diaryl/α,β-unsaturated/α-hetero) is 1. The summed E-state index contributed by atoms with van der Waals surface area (Å²) in [5.74, 6) is -2.90. The maximum absolute atomic E-state index is 12.8. The first-order valence-corrected chi connectivity index (χ1v) is 8.15. The minimum absolute atomic E-state index is 0.361. The van der Waals surface area contributed by atoms with Crippen molar-refractivity contribution >= 4 is 44.9 Å². The van der Waals surface area contributed by atoms with Crippen molar-refractivity contribution in [3.8, 4) is 0 Å². The fourth-order valence-electron chi connectivity index (χ4n) is 2.80. The van der Waals surface area contributed by atoms with E-state index in [0.717, 1.165) is 0 Å². The zero-order valence-corrected chi connectivity index (χ0v) is 14.8.